The van der Waals surface area contributed by atoms with E-state index in [0.29, 0.717) is 5.90 Å². The molecule has 6 nitrogen and oxygen atoms in total. The highest BCUT2D eigenvalue weighted by Crippen LogP contribution is 2.57. The largest absolute Gasteiger partial charge is 0.484 e. The van der Waals surface area contributed by atoms with E-state index in [1.165, 1.54) is 26.5 Å². The van der Waals surface area contributed by atoms with Crippen LogP contribution in [0.25, 0.3) is 0 Å². The second-order valence-corrected chi connectivity index (χ2v) is 16.0. The van der Waals surface area contributed by atoms with Crippen LogP contribution in [0.15, 0.2) is 138 Å². The molecule has 2 heterocycles. The molecule has 2 aliphatic heterocycles. The predicted octanol–water partition coefficient (Wildman–Crippen LogP) is 5.71. The van der Waals surface area contributed by atoms with Gasteiger partial charge in [0.15, 0.2) is 12.1 Å². The first-order chi connectivity index (χ1) is 22.7. The van der Waals surface area contributed by atoms with Gasteiger partial charge in [-0.2, -0.15) is 0 Å². The minimum Gasteiger partial charge on any atom is -0.484 e. The van der Waals surface area contributed by atoms with Crippen LogP contribution < -0.4 is 26.5 Å². The second-order valence-electron chi connectivity index (χ2n) is 11.3. The van der Waals surface area contributed by atoms with E-state index in [1.54, 1.807) is 28.4 Å². The third kappa shape index (κ3) is 6.89. The number of benzene rings is 4. The normalized spacial score (nSPS) is 24.8. The zero-order valence-electron chi connectivity index (χ0n) is 26.8. The van der Waals surface area contributed by atoms with E-state index < -0.39 is 15.8 Å². The summed E-state index contributed by atoms with van der Waals surface area (Å²) in [4.78, 5) is 5.09. The summed E-state index contributed by atoms with van der Waals surface area (Å²) in [6.45, 7) is 0. The Morgan fingerprint density at radius 1 is 0.609 bits per heavy atom. The van der Waals surface area contributed by atoms with Crippen molar-refractivity contribution < 1.29 is 18.9 Å². The minimum atomic E-state index is -0.957. The van der Waals surface area contributed by atoms with Crippen molar-refractivity contribution in [2.45, 2.75) is 30.8 Å². The predicted molar refractivity (Wildman–Crippen MR) is 192 cm³/mol. The van der Waals surface area contributed by atoms with Gasteiger partial charge in [0, 0.05) is 39.3 Å². The highest BCUT2D eigenvalue weighted by Gasteiger charge is 2.51. The van der Waals surface area contributed by atoms with Crippen molar-refractivity contribution in [3.63, 3.8) is 0 Å². The van der Waals surface area contributed by atoms with Crippen LogP contribution in [0.1, 0.15) is 6.42 Å². The molecular weight excluding hydrogens is 610 g/mol. The highest BCUT2D eigenvalue weighted by atomic mass is 31.1. The minimum absolute atomic E-state index is 0.109. The number of methoxy groups -OCH3 is 4. The first-order valence-electron chi connectivity index (χ1n) is 15.6. The molecule has 6 atom stereocenters. The van der Waals surface area contributed by atoms with Gasteiger partial charge in [0.05, 0.1) is 13.0 Å². The number of rotatable bonds is 10. The van der Waals surface area contributed by atoms with E-state index in [9.17, 15) is 0 Å². The lowest BCUT2D eigenvalue weighted by Crippen LogP contribution is -2.56. The van der Waals surface area contributed by atoms with Crippen molar-refractivity contribution in [1.82, 2.24) is 5.32 Å². The molecule has 4 aromatic rings. The Bertz CT molecular complexity index is 1510. The molecule has 4 aromatic carbocycles. The third-order valence-corrected chi connectivity index (χ3v) is 14.3. The van der Waals surface area contributed by atoms with E-state index in [-0.39, 0.29) is 36.2 Å². The van der Waals surface area contributed by atoms with Gasteiger partial charge < -0.3 is 18.9 Å². The summed E-state index contributed by atoms with van der Waals surface area (Å²) in [5.74, 6) is 0.484. The van der Waals surface area contributed by atoms with Crippen LogP contribution in [0.2, 0.25) is 0 Å². The summed E-state index contributed by atoms with van der Waals surface area (Å²) in [6, 6.07) is 43.5. The third-order valence-electron chi connectivity index (χ3n) is 8.80. The monoisotopic (exact) mass is 652 g/mol. The summed E-state index contributed by atoms with van der Waals surface area (Å²) in [5.41, 5.74) is 0.132. The van der Waals surface area contributed by atoms with Crippen molar-refractivity contribution in [1.29, 1.82) is 0 Å². The second kappa shape index (κ2) is 15.6. The fraction of sp³-hybridized carbons (Fsp3) is 0.289. The molecule has 0 saturated heterocycles. The molecule has 0 aromatic heterocycles. The fourth-order valence-corrected chi connectivity index (χ4v) is 12.6. The number of hydrogen-bond donors (Lipinski definition) is 1. The number of nitrogens with zero attached hydrogens (tertiary/aromatic N) is 1. The first-order valence-corrected chi connectivity index (χ1v) is 18.4. The Morgan fingerprint density at radius 3 is 1.54 bits per heavy atom. The topological polar surface area (TPSA) is 61.3 Å². The molecule has 238 valence electrons. The molecule has 1 N–H and O–H groups in total. The quantitative estimate of drug-likeness (QED) is 0.223. The van der Waals surface area contributed by atoms with Gasteiger partial charge >= 0.3 is 0 Å². The molecule has 0 aliphatic carbocycles. The molecule has 0 fully saturated rings. The Labute approximate surface area is 275 Å². The summed E-state index contributed by atoms with van der Waals surface area (Å²) in [7, 11) is 5.19. The molecular formula is C38H42N2O4P2. The summed E-state index contributed by atoms with van der Waals surface area (Å²) in [6.07, 6.45) is 2.07. The van der Waals surface area contributed by atoms with E-state index >= 15 is 0 Å². The van der Waals surface area contributed by atoms with Crippen LogP contribution in [0.5, 0.6) is 0 Å². The fourth-order valence-electron chi connectivity index (χ4n) is 6.79. The van der Waals surface area contributed by atoms with Crippen molar-refractivity contribution in [3.8, 4) is 0 Å². The maximum atomic E-state index is 6.37. The Morgan fingerprint density at radius 2 is 1.11 bits per heavy atom. The van der Waals surface area contributed by atoms with E-state index in [4.69, 9.17) is 23.9 Å². The van der Waals surface area contributed by atoms with Gasteiger partial charge in [0.2, 0.25) is 0 Å². The smallest absolute Gasteiger partial charge is 0.190 e. The average molecular weight is 653 g/mol. The number of ether oxygens (including phenoxy) is 4. The molecule has 0 amide bonds. The molecule has 2 unspecified atom stereocenters. The Hall–Kier alpha value is -3.21. The number of aliphatic imine (C=N–C) groups is 1. The maximum absolute atomic E-state index is 6.37. The molecule has 0 spiro atoms. The van der Waals surface area contributed by atoms with Crippen molar-refractivity contribution in [3.05, 3.63) is 133 Å². The molecule has 2 aliphatic rings. The molecule has 0 bridgehead atoms. The van der Waals surface area contributed by atoms with Crippen LogP contribution in [0.4, 0.5) is 0 Å². The summed E-state index contributed by atoms with van der Waals surface area (Å²) >= 11 is 0. The average Bonchev–Trinajstić information content (AvgIpc) is 3.13. The number of nitrogens with one attached hydrogen (secondary N) is 1. The van der Waals surface area contributed by atoms with Gasteiger partial charge in [-0.05, 0) is 48.5 Å². The first kappa shape index (κ1) is 32.7. The van der Waals surface area contributed by atoms with Crippen LogP contribution in [0.3, 0.4) is 0 Å². The van der Waals surface area contributed by atoms with Crippen molar-refractivity contribution in [2.75, 3.05) is 28.4 Å². The van der Waals surface area contributed by atoms with Crippen LogP contribution >= 0.6 is 15.8 Å². The van der Waals surface area contributed by atoms with Crippen molar-refractivity contribution >= 4 is 43.0 Å². The Balaban J connectivity index is 1.59. The summed E-state index contributed by atoms with van der Waals surface area (Å²) in [5, 5.41) is 10.1. The van der Waals surface area contributed by atoms with E-state index in [2.05, 4.69) is 133 Å². The molecule has 46 heavy (non-hydrogen) atoms. The van der Waals surface area contributed by atoms with Gasteiger partial charge in [-0.1, -0.05) is 121 Å². The number of hydrogen-bond acceptors (Lipinski definition) is 6. The lowest BCUT2D eigenvalue weighted by molar-refractivity contribution is -0.0331. The Kier molecular flexibility index (Phi) is 11.1. The summed E-state index contributed by atoms with van der Waals surface area (Å²) < 4.78 is 24.6. The maximum Gasteiger partial charge on any atom is 0.190 e. The van der Waals surface area contributed by atoms with Gasteiger partial charge in [-0.25, -0.2) is 4.99 Å². The zero-order chi connectivity index (χ0) is 31.9. The van der Waals surface area contributed by atoms with Gasteiger partial charge in [-0.3, -0.25) is 5.32 Å². The standard InChI is InChI=1S/C38H42N2O4P2/c1-41-33-25-31(45(27-17-9-5-10-18-27)28-19-11-6-12-20-28)35(37(39-33)43-3)36-32(26-34(42-2)40-38(36)44-4)46(29-21-13-7-14-22-29)30-23-15-8-16-24-30/h5-25,32-37,39H,26H2,1-4H3/t32-,33-,34+,35?,36?,37+/m1/s1. The molecule has 8 heteroatoms. The molecule has 6 rings (SSSR count). The van der Waals surface area contributed by atoms with Gasteiger partial charge in [-0.15, -0.1) is 0 Å². The zero-order valence-corrected chi connectivity index (χ0v) is 28.6. The van der Waals surface area contributed by atoms with Gasteiger partial charge in [0.1, 0.15) is 12.5 Å². The van der Waals surface area contributed by atoms with Crippen LogP contribution in [0, 0.1) is 11.8 Å². The van der Waals surface area contributed by atoms with Crippen LogP contribution in [-0.4, -0.2) is 58.7 Å². The van der Waals surface area contributed by atoms with Gasteiger partial charge in [0.25, 0.3) is 0 Å². The SMILES string of the molecule is COC1=N[C@@H](OC)C[C@@H](P(c2ccccc2)c2ccccc2)C1C1C(P(c2ccccc2)c2ccccc2)=C[C@@H](OC)N[C@H]1OC. The lowest BCUT2D eigenvalue weighted by Gasteiger charge is -2.48. The van der Waals surface area contributed by atoms with Crippen molar-refractivity contribution in [2.24, 2.45) is 16.8 Å². The van der Waals surface area contributed by atoms with E-state index in [0.717, 1.165) is 6.42 Å². The molecule has 0 radical (unpaired) electrons. The van der Waals surface area contributed by atoms with E-state index in [1.807, 2.05) is 0 Å². The molecule has 0 saturated carbocycles. The lowest BCUT2D eigenvalue weighted by atomic mass is 9.82. The highest BCUT2D eigenvalue weighted by molar-refractivity contribution is 7.76. The van der Waals surface area contributed by atoms with Crippen LogP contribution in [-0.2, 0) is 18.9 Å².